The highest BCUT2D eigenvalue weighted by Crippen LogP contribution is 2.09. The second-order valence-electron chi connectivity index (χ2n) is 1.72. The second-order valence-corrected chi connectivity index (χ2v) is 2.18. The Morgan fingerprint density at radius 2 is 2.30 bits per heavy atom. The number of anilines is 2. The van der Waals surface area contributed by atoms with Crippen LogP contribution in [0.3, 0.4) is 0 Å². The fraction of sp³-hybridized carbons (Fsp3) is 0.200. The van der Waals surface area contributed by atoms with Gasteiger partial charge in [0.15, 0.2) is 0 Å². The molecular weight excluding hydrogens is 148 g/mol. The molecular formula is C5H8N4S. The number of hydrogen-bond donors (Lipinski definition) is 3. The van der Waals surface area contributed by atoms with Crippen molar-refractivity contribution in [2.24, 2.45) is 0 Å². The van der Waals surface area contributed by atoms with Crippen molar-refractivity contribution in [3.05, 3.63) is 6.07 Å². The van der Waals surface area contributed by atoms with Crippen molar-refractivity contribution in [3.63, 3.8) is 0 Å². The predicted octanol–water partition coefficient (Wildman–Crippen LogP) is 0.389. The quantitative estimate of drug-likeness (QED) is 0.406. The van der Waals surface area contributed by atoms with Gasteiger partial charge in [0.25, 0.3) is 0 Å². The van der Waals surface area contributed by atoms with Crippen molar-refractivity contribution in [3.8, 4) is 0 Å². The largest absolute Gasteiger partial charge is 0.373 e. The summed E-state index contributed by atoms with van der Waals surface area (Å²) in [5, 5.41) is 3.40. The van der Waals surface area contributed by atoms with E-state index in [4.69, 9.17) is 5.73 Å². The Hall–Kier alpha value is -0.970. The molecule has 1 heterocycles. The molecule has 0 aliphatic rings. The van der Waals surface area contributed by atoms with E-state index in [2.05, 4.69) is 27.9 Å². The molecule has 10 heavy (non-hydrogen) atoms. The number of thiol groups is 1. The van der Waals surface area contributed by atoms with Crippen LogP contribution in [-0.4, -0.2) is 17.0 Å². The molecule has 0 amide bonds. The van der Waals surface area contributed by atoms with Gasteiger partial charge >= 0.3 is 0 Å². The van der Waals surface area contributed by atoms with Crippen molar-refractivity contribution in [1.29, 1.82) is 0 Å². The second kappa shape index (κ2) is 2.74. The minimum absolute atomic E-state index is 0.233. The molecule has 3 N–H and O–H groups in total. The number of nitrogens with zero attached hydrogens (tertiary/aromatic N) is 2. The average Bonchev–Trinajstić information content (AvgIpc) is 1.85. The van der Waals surface area contributed by atoms with E-state index in [-0.39, 0.29) is 5.95 Å². The van der Waals surface area contributed by atoms with E-state index >= 15 is 0 Å². The Kier molecular flexibility index (Phi) is 1.96. The van der Waals surface area contributed by atoms with Crippen LogP contribution in [0.4, 0.5) is 11.8 Å². The fourth-order valence-corrected chi connectivity index (χ4v) is 0.805. The van der Waals surface area contributed by atoms with E-state index in [1.807, 2.05) is 0 Å². The number of nitrogen functional groups attached to an aromatic ring is 1. The summed E-state index contributed by atoms with van der Waals surface area (Å²) in [6.45, 7) is 0. The van der Waals surface area contributed by atoms with Gasteiger partial charge < -0.3 is 11.1 Å². The summed E-state index contributed by atoms with van der Waals surface area (Å²) < 4.78 is 0. The molecule has 0 radical (unpaired) electrons. The Labute approximate surface area is 64.3 Å². The van der Waals surface area contributed by atoms with Crippen molar-refractivity contribution in [1.82, 2.24) is 9.97 Å². The van der Waals surface area contributed by atoms with Crippen molar-refractivity contribution in [2.75, 3.05) is 18.1 Å². The summed E-state index contributed by atoms with van der Waals surface area (Å²) in [7, 11) is 1.76. The Bertz CT molecular complexity index is 217. The molecule has 4 nitrogen and oxygen atoms in total. The van der Waals surface area contributed by atoms with Crippen LogP contribution in [0.15, 0.2) is 11.1 Å². The molecule has 0 atom stereocenters. The van der Waals surface area contributed by atoms with Gasteiger partial charge in [-0.2, -0.15) is 4.98 Å². The third-order valence-corrected chi connectivity index (χ3v) is 1.22. The van der Waals surface area contributed by atoms with Gasteiger partial charge in [-0.15, -0.1) is 12.6 Å². The molecule has 0 fully saturated rings. The molecule has 1 rings (SSSR count). The van der Waals surface area contributed by atoms with Crippen LogP contribution in [0.5, 0.6) is 0 Å². The zero-order valence-corrected chi connectivity index (χ0v) is 6.39. The fourth-order valence-electron chi connectivity index (χ4n) is 0.581. The molecule has 0 spiro atoms. The Morgan fingerprint density at radius 3 is 2.80 bits per heavy atom. The van der Waals surface area contributed by atoms with Crippen LogP contribution >= 0.6 is 12.6 Å². The maximum absolute atomic E-state index is 5.32. The highest BCUT2D eigenvalue weighted by Gasteiger charge is 1.94. The van der Waals surface area contributed by atoms with Gasteiger partial charge in [0.05, 0.1) is 0 Å². The lowest BCUT2D eigenvalue weighted by molar-refractivity contribution is 1.07. The summed E-state index contributed by atoms with van der Waals surface area (Å²) in [5.41, 5.74) is 5.32. The first-order valence-corrected chi connectivity index (χ1v) is 3.18. The van der Waals surface area contributed by atoms with Crippen molar-refractivity contribution >= 4 is 24.4 Å². The molecule has 0 aliphatic carbocycles. The first-order valence-electron chi connectivity index (χ1n) is 2.73. The van der Waals surface area contributed by atoms with Crippen LogP contribution in [0.2, 0.25) is 0 Å². The summed E-state index contributed by atoms with van der Waals surface area (Å²) >= 11 is 4.01. The molecule has 1 aromatic heterocycles. The van der Waals surface area contributed by atoms with E-state index in [9.17, 15) is 0 Å². The summed E-state index contributed by atoms with van der Waals surface area (Å²) in [6.07, 6.45) is 0. The molecule has 5 heteroatoms. The van der Waals surface area contributed by atoms with E-state index in [1.165, 1.54) is 0 Å². The van der Waals surface area contributed by atoms with Crippen molar-refractivity contribution < 1.29 is 0 Å². The molecule has 0 saturated carbocycles. The number of hydrogen-bond acceptors (Lipinski definition) is 5. The monoisotopic (exact) mass is 156 g/mol. The molecule has 0 bridgehead atoms. The highest BCUT2D eigenvalue weighted by molar-refractivity contribution is 7.80. The number of nitrogens with two attached hydrogens (primary N) is 1. The average molecular weight is 156 g/mol. The minimum atomic E-state index is 0.233. The summed E-state index contributed by atoms with van der Waals surface area (Å²) in [6, 6.07) is 1.69. The van der Waals surface area contributed by atoms with Gasteiger partial charge in [-0.25, -0.2) is 4.98 Å². The molecule has 0 aliphatic heterocycles. The van der Waals surface area contributed by atoms with Crippen LogP contribution in [-0.2, 0) is 0 Å². The lowest BCUT2D eigenvalue weighted by atomic mass is 10.6. The zero-order valence-electron chi connectivity index (χ0n) is 5.50. The Balaban J connectivity index is 3.06. The van der Waals surface area contributed by atoms with Crippen LogP contribution in [0, 0.1) is 0 Å². The van der Waals surface area contributed by atoms with E-state index in [1.54, 1.807) is 13.1 Å². The summed E-state index contributed by atoms with van der Waals surface area (Å²) in [4.78, 5) is 7.63. The molecule has 1 aromatic rings. The number of nitrogens with one attached hydrogen (secondary N) is 1. The lowest BCUT2D eigenvalue weighted by Gasteiger charge is -1.99. The van der Waals surface area contributed by atoms with Gasteiger partial charge in [0, 0.05) is 13.1 Å². The van der Waals surface area contributed by atoms with Gasteiger partial charge in [-0.3, -0.25) is 0 Å². The van der Waals surface area contributed by atoms with Gasteiger partial charge in [0.1, 0.15) is 10.8 Å². The smallest absolute Gasteiger partial charge is 0.223 e. The van der Waals surface area contributed by atoms with Crippen LogP contribution < -0.4 is 11.1 Å². The van der Waals surface area contributed by atoms with Gasteiger partial charge in [-0.1, -0.05) is 0 Å². The number of aromatic nitrogens is 2. The number of rotatable bonds is 1. The van der Waals surface area contributed by atoms with Gasteiger partial charge in [0.2, 0.25) is 5.95 Å². The van der Waals surface area contributed by atoms with E-state index in [0.29, 0.717) is 10.8 Å². The Morgan fingerprint density at radius 1 is 1.60 bits per heavy atom. The minimum Gasteiger partial charge on any atom is -0.373 e. The highest BCUT2D eigenvalue weighted by atomic mass is 32.1. The third-order valence-electron chi connectivity index (χ3n) is 0.986. The molecule has 0 unspecified atom stereocenters. The lowest BCUT2D eigenvalue weighted by Crippen LogP contribution is -1.99. The third kappa shape index (κ3) is 1.51. The molecule has 54 valence electrons. The zero-order chi connectivity index (χ0) is 7.56. The summed E-state index contributed by atoms with van der Waals surface area (Å²) in [5.74, 6) is 0.911. The van der Waals surface area contributed by atoms with Crippen LogP contribution in [0.25, 0.3) is 0 Å². The van der Waals surface area contributed by atoms with E-state index in [0.717, 1.165) is 0 Å². The van der Waals surface area contributed by atoms with Gasteiger partial charge in [-0.05, 0) is 0 Å². The molecule has 0 aromatic carbocycles. The maximum Gasteiger partial charge on any atom is 0.223 e. The first kappa shape index (κ1) is 7.14. The SMILES string of the molecule is CNc1cc(S)nc(N)n1. The topological polar surface area (TPSA) is 63.8 Å². The normalized spacial score (nSPS) is 9.40. The van der Waals surface area contributed by atoms with Crippen molar-refractivity contribution in [2.45, 2.75) is 5.03 Å². The van der Waals surface area contributed by atoms with E-state index < -0.39 is 0 Å². The standard InChI is InChI=1S/C5H8N4S/c1-7-3-2-4(10)9-5(6)8-3/h2H,1H3,(H4,6,7,8,9,10). The predicted molar refractivity (Wildman–Crippen MR) is 43.2 cm³/mol. The first-order chi connectivity index (χ1) is 4.72. The maximum atomic E-state index is 5.32. The van der Waals surface area contributed by atoms with Crippen LogP contribution in [0.1, 0.15) is 0 Å². The molecule has 0 saturated heterocycles.